The number of fused-ring (bicyclic) bond motifs is 1. The van der Waals surface area contributed by atoms with E-state index in [0.29, 0.717) is 6.61 Å². The van der Waals surface area contributed by atoms with Crippen molar-refractivity contribution in [2.75, 3.05) is 6.61 Å². The number of aromatic nitrogens is 1. The van der Waals surface area contributed by atoms with Crippen LogP contribution in [-0.4, -0.2) is 17.1 Å². The van der Waals surface area contributed by atoms with Gasteiger partial charge in [-0.05, 0) is 36.6 Å². The molecular formula is C24H25NO2. The SMILES string of the molecule is C=CC(=O)OCC.c1ccc(C2(c3ccccc3)CCn3cccc32)cc1. The number of rotatable bonds is 4. The largest absolute Gasteiger partial charge is 0.463 e. The minimum atomic E-state index is -0.359. The number of nitrogens with zero attached hydrogens (tertiary/aromatic N) is 1. The molecule has 1 aliphatic heterocycles. The molecule has 0 unspecified atom stereocenters. The van der Waals surface area contributed by atoms with Gasteiger partial charge in [-0.2, -0.15) is 0 Å². The Hall–Kier alpha value is -3.07. The first-order chi connectivity index (χ1) is 13.2. The molecule has 4 rings (SSSR count). The Labute approximate surface area is 160 Å². The lowest BCUT2D eigenvalue weighted by molar-refractivity contribution is -0.137. The Morgan fingerprint density at radius 2 is 1.63 bits per heavy atom. The van der Waals surface area contributed by atoms with Crippen molar-refractivity contribution in [1.82, 2.24) is 4.57 Å². The maximum atomic E-state index is 10.1. The van der Waals surface area contributed by atoms with Crippen LogP contribution in [0.2, 0.25) is 0 Å². The van der Waals surface area contributed by atoms with Crippen LogP contribution in [0.1, 0.15) is 30.2 Å². The molecule has 2 aromatic carbocycles. The van der Waals surface area contributed by atoms with Crippen LogP contribution >= 0.6 is 0 Å². The van der Waals surface area contributed by atoms with E-state index < -0.39 is 0 Å². The van der Waals surface area contributed by atoms with Crippen molar-refractivity contribution < 1.29 is 9.53 Å². The molecular weight excluding hydrogens is 334 g/mol. The summed E-state index contributed by atoms with van der Waals surface area (Å²) in [7, 11) is 0. The van der Waals surface area contributed by atoms with E-state index in [0.717, 1.165) is 19.0 Å². The molecule has 0 aliphatic carbocycles. The van der Waals surface area contributed by atoms with E-state index in [9.17, 15) is 4.79 Å². The van der Waals surface area contributed by atoms with Crippen LogP contribution in [0.25, 0.3) is 0 Å². The summed E-state index contributed by atoms with van der Waals surface area (Å²) in [4.78, 5) is 10.1. The molecule has 2 heterocycles. The lowest BCUT2D eigenvalue weighted by Gasteiger charge is -2.30. The second kappa shape index (κ2) is 8.54. The van der Waals surface area contributed by atoms with E-state index in [1.54, 1.807) is 6.92 Å². The predicted octanol–water partition coefficient (Wildman–Crippen LogP) is 4.96. The van der Waals surface area contributed by atoms with Gasteiger partial charge in [0.15, 0.2) is 0 Å². The van der Waals surface area contributed by atoms with Crippen LogP contribution in [0, 0.1) is 0 Å². The first-order valence-electron chi connectivity index (χ1n) is 9.28. The highest BCUT2D eigenvalue weighted by Crippen LogP contribution is 2.46. The summed E-state index contributed by atoms with van der Waals surface area (Å²) in [5, 5.41) is 0. The normalized spacial score (nSPS) is 13.8. The maximum Gasteiger partial charge on any atom is 0.330 e. The highest BCUT2D eigenvalue weighted by Gasteiger charge is 2.41. The van der Waals surface area contributed by atoms with Crippen molar-refractivity contribution in [3.05, 3.63) is 108 Å². The number of hydrogen-bond donors (Lipinski definition) is 0. The Kier molecular flexibility index (Phi) is 5.92. The van der Waals surface area contributed by atoms with E-state index in [-0.39, 0.29) is 11.4 Å². The molecule has 0 spiro atoms. The van der Waals surface area contributed by atoms with Gasteiger partial charge in [-0.15, -0.1) is 0 Å². The molecule has 0 fully saturated rings. The third kappa shape index (κ3) is 3.72. The number of benzene rings is 2. The van der Waals surface area contributed by atoms with Gasteiger partial charge in [0.05, 0.1) is 12.0 Å². The summed E-state index contributed by atoms with van der Waals surface area (Å²) in [5.74, 6) is -0.359. The second-order valence-electron chi connectivity index (χ2n) is 6.43. The predicted molar refractivity (Wildman–Crippen MR) is 109 cm³/mol. The summed E-state index contributed by atoms with van der Waals surface area (Å²) >= 11 is 0. The molecule has 0 saturated carbocycles. The van der Waals surface area contributed by atoms with Gasteiger partial charge in [0, 0.05) is 24.5 Å². The quantitative estimate of drug-likeness (QED) is 0.487. The zero-order valence-corrected chi connectivity index (χ0v) is 15.7. The Balaban J connectivity index is 0.000000260. The fourth-order valence-corrected chi connectivity index (χ4v) is 3.81. The van der Waals surface area contributed by atoms with Crippen LogP contribution in [-0.2, 0) is 21.5 Å². The third-order valence-electron chi connectivity index (χ3n) is 4.98. The third-order valence-corrected chi connectivity index (χ3v) is 4.98. The molecule has 0 saturated heterocycles. The van der Waals surface area contributed by atoms with E-state index in [1.807, 2.05) is 0 Å². The second-order valence-corrected chi connectivity index (χ2v) is 6.43. The Morgan fingerprint density at radius 3 is 2.11 bits per heavy atom. The average Bonchev–Trinajstić information content (AvgIpc) is 3.33. The minimum Gasteiger partial charge on any atom is -0.463 e. The van der Waals surface area contributed by atoms with Gasteiger partial charge in [-0.3, -0.25) is 0 Å². The van der Waals surface area contributed by atoms with Gasteiger partial charge in [0.25, 0.3) is 0 Å². The molecule has 0 N–H and O–H groups in total. The average molecular weight is 359 g/mol. The van der Waals surface area contributed by atoms with Crippen LogP contribution in [0.4, 0.5) is 0 Å². The lowest BCUT2D eigenvalue weighted by Crippen LogP contribution is -2.26. The van der Waals surface area contributed by atoms with E-state index in [4.69, 9.17) is 0 Å². The number of aryl methyl sites for hydroxylation is 1. The van der Waals surface area contributed by atoms with E-state index in [1.165, 1.54) is 16.8 Å². The maximum absolute atomic E-state index is 10.1. The van der Waals surface area contributed by atoms with Crippen LogP contribution in [0.5, 0.6) is 0 Å². The molecule has 138 valence electrons. The van der Waals surface area contributed by atoms with Gasteiger partial charge >= 0.3 is 5.97 Å². The molecule has 1 aromatic heterocycles. The lowest BCUT2D eigenvalue weighted by atomic mass is 9.71. The summed E-state index contributed by atoms with van der Waals surface area (Å²) in [5.41, 5.74) is 4.20. The number of carbonyl (C=O) groups is 1. The van der Waals surface area contributed by atoms with Crippen molar-refractivity contribution in [3.8, 4) is 0 Å². The van der Waals surface area contributed by atoms with Crippen molar-refractivity contribution in [3.63, 3.8) is 0 Å². The van der Waals surface area contributed by atoms with Crippen LogP contribution < -0.4 is 0 Å². The van der Waals surface area contributed by atoms with Crippen LogP contribution in [0.15, 0.2) is 91.6 Å². The van der Waals surface area contributed by atoms with Gasteiger partial charge in [-0.1, -0.05) is 67.2 Å². The smallest absolute Gasteiger partial charge is 0.330 e. The Morgan fingerprint density at radius 1 is 1.04 bits per heavy atom. The summed E-state index contributed by atoms with van der Waals surface area (Å²) < 4.78 is 6.82. The van der Waals surface area contributed by atoms with E-state index >= 15 is 0 Å². The molecule has 1 aliphatic rings. The van der Waals surface area contributed by atoms with Gasteiger partial charge in [0.2, 0.25) is 0 Å². The van der Waals surface area contributed by atoms with Crippen molar-refractivity contribution in [2.45, 2.75) is 25.3 Å². The standard InChI is InChI=1S/C19H17N.C5H8O2/c1-3-8-16(9-4-1)19(17-10-5-2-6-11-17)13-15-20-14-7-12-18(19)20;1-3-5(6)7-4-2/h1-12,14H,13,15H2;3H,1,4H2,2H3. The minimum absolute atomic E-state index is 0.00597. The molecule has 27 heavy (non-hydrogen) atoms. The molecule has 3 heteroatoms. The molecule has 0 radical (unpaired) electrons. The molecule has 0 bridgehead atoms. The Bertz CT molecular complexity index is 842. The number of esters is 1. The summed E-state index contributed by atoms with van der Waals surface area (Å²) in [6.07, 6.45) is 4.48. The first kappa shape index (κ1) is 18.7. The van der Waals surface area contributed by atoms with Crippen molar-refractivity contribution in [1.29, 1.82) is 0 Å². The van der Waals surface area contributed by atoms with E-state index in [2.05, 4.69) is 94.9 Å². The van der Waals surface area contributed by atoms with Gasteiger partial charge < -0.3 is 9.30 Å². The topological polar surface area (TPSA) is 31.2 Å². The van der Waals surface area contributed by atoms with Gasteiger partial charge in [0.1, 0.15) is 0 Å². The molecule has 0 atom stereocenters. The zero-order chi connectivity index (χ0) is 19.1. The fourth-order valence-electron chi connectivity index (χ4n) is 3.81. The number of hydrogen-bond acceptors (Lipinski definition) is 2. The summed E-state index contributed by atoms with van der Waals surface area (Å²) in [6.45, 7) is 6.47. The highest BCUT2D eigenvalue weighted by molar-refractivity contribution is 5.81. The zero-order valence-electron chi connectivity index (χ0n) is 15.7. The van der Waals surface area contributed by atoms with Crippen molar-refractivity contribution in [2.24, 2.45) is 0 Å². The van der Waals surface area contributed by atoms with Crippen LogP contribution in [0.3, 0.4) is 0 Å². The molecule has 0 amide bonds. The fraction of sp³-hybridized carbons (Fsp3) is 0.208. The van der Waals surface area contributed by atoms with Gasteiger partial charge in [-0.25, -0.2) is 4.79 Å². The molecule has 3 aromatic rings. The highest BCUT2D eigenvalue weighted by atomic mass is 16.5. The number of carbonyl (C=O) groups excluding carboxylic acids is 1. The van der Waals surface area contributed by atoms with Crippen molar-refractivity contribution >= 4 is 5.97 Å². The number of ether oxygens (including phenoxy) is 1. The summed E-state index contributed by atoms with van der Waals surface area (Å²) in [6, 6.07) is 26.2. The monoisotopic (exact) mass is 359 g/mol. The first-order valence-corrected chi connectivity index (χ1v) is 9.28. The molecule has 3 nitrogen and oxygen atoms in total.